The Morgan fingerprint density at radius 1 is 1.47 bits per heavy atom. The van der Waals surface area contributed by atoms with Gasteiger partial charge in [-0.2, -0.15) is 0 Å². The summed E-state index contributed by atoms with van der Waals surface area (Å²) in [6.07, 6.45) is 1.30. The first-order valence-corrected chi connectivity index (χ1v) is 6.07. The Kier molecular flexibility index (Phi) is 4.51. The van der Waals surface area contributed by atoms with Gasteiger partial charge in [-0.15, -0.1) is 0 Å². The highest BCUT2D eigenvalue weighted by Gasteiger charge is 2.45. The Morgan fingerprint density at radius 3 is 2.59 bits per heavy atom. The predicted octanol–water partition coefficient (Wildman–Crippen LogP) is 1.17. The molecule has 0 aromatic carbocycles. The first-order chi connectivity index (χ1) is 7.91. The van der Waals surface area contributed by atoms with Crippen LogP contribution in [0.15, 0.2) is 0 Å². The van der Waals surface area contributed by atoms with Gasteiger partial charge in [0.05, 0.1) is 18.4 Å². The first kappa shape index (κ1) is 14.0. The van der Waals surface area contributed by atoms with E-state index in [4.69, 9.17) is 9.84 Å². The van der Waals surface area contributed by atoms with Gasteiger partial charge in [0.1, 0.15) is 0 Å². The molecule has 0 heterocycles. The molecular weight excluding hydrogens is 222 g/mol. The van der Waals surface area contributed by atoms with Crippen LogP contribution in [0.4, 0.5) is 0 Å². The summed E-state index contributed by atoms with van der Waals surface area (Å²) >= 11 is 0. The molecule has 0 radical (unpaired) electrons. The lowest BCUT2D eigenvalue weighted by Crippen LogP contribution is -2.48. The van der Waals surface area contributed by atoms with Crippen LogP contribution in [0.3, 0.4) is 0 Å². The fourth-order valence-electron chi connectivity index (χ4n) is 1.83. The summed E-state index contributed by atoms with van der Waals surface area (Å²) in [6.45, 7) is 6.13. The molecule has 17 heavy (non-hydrogen) atoms. The number of nitrogens with one attached hydrogen (secondary N) is 1. The Labute approximate surface area is 102 Å². The summed E-state index contributed by atoms with van der Waals surface area (Å²) < 4.78 is 5.34. The number of carboxylic acids is 1. The van der Waals surface area contributed by atoms with Crippen molar-refractivity contribution < 1.29 is 19.4 Å². The first-order valence-electron chi connectivity index (χ1n) is 6.07. The van der Waals surface area contributed by atoms with Crippen LogP contribution in [0.2, 0.25) is 0 Å². The van der Waals surface area contributed by atoms with Crippen LogP contribution in [-0.2, 0) is 14.3 Å². The molecule has 1 aliphatic rings. The number of hydrogen-bond donors (Lipinski definition) is 2. The van der Waals surface area contributed by atoms with Gasteiger partial charge < -0.3 is 15.2 Å². The van der Waals surface area contributed by atoms with Crippen molar-refractivity contribution >= 4 is 11.9 Å². The van der Waals surface area contributed by atoms with Crippen LogP contribution in [0.25, 0.3) is 0 Å². The van der Waals surface area contributed by atoms with Gasteiger partial charge in [0.25, 0.3) is 0 Å². The topological polar surface area (TPSA) is 75.6 Å². The van der Waals surface area contributed by atoms with Crippen molar-refractivity contribution in [3.63, 3.8) is 0 Å². The molecule has 0 aliphatic heterocycles. The van der Waals surface area contributed by atoms with E-state index in [9.17, 15) is 9.59 Å². The molecule has 1 rings (SSSR count). The highest BCUT2D eigenvalue weighted by atomic mass is 16.5. The molecule has 0 unspecified atom stereocenters. The fraction of sp³-hybridized carbons (Fsp3) is 0.833. The van der Waals surface area contributed by atoms with E-state index in [0.29, 0.717) is 13.0 Å². The van der Waals surface area contributed by atoms with Crippen LogP contribution in [0, 0.1) is 5.92 Å². The van der Waals surface area contributed by atoms with E-state index in [1.165, 1.54) is 0 Å². The number of amides is 1. The zero-order valence-electron chi connectivity index (χ0n) is 10.7. The normalized spacial score (nSPS) is 26.1. The molecule has 98 valence electrons. The minimum atomic E-state index is -0.896. The van der Waals surface area contributed by atoms with E-state index in [2.05, 4.69) is 5.32 Å². The van der Waals surface area contributed by atoms with Crippen molar-refractivity contribution in [1.29, 1.82) is 0 Å². The molecule has 0 aromatic heterocycles. The number of rotatable bonds is 7. The summed E-state index contributed by atoms with van der Waals surface area (Å²) in [6, 6.07) is 0. The van der Waals surface area contributed by atoms with Crippen molar-refractivity contribution in [1.82, 2.24) is 5.32 Å². The molecule has 2 N–H and O–H groups in total. The molecule has 5 heteroatoms. The highest BCUT2D eigenvalue weighted by Crippen LogP contribution is 2.34. The van der Waals surface area contributed by atoms with Gasteiger partial charge in [0, 0.05) is 12.1 Å². The Hall–Kier alpha value is -1.10. The van der Waals surface area contributed by atoms with Crippen molar-refractivity contribution in [3.05, 3.63) is 0 Å². The van der Waals surface area contributed by atoms with Crippen LogP contribution in [-0.4, -0.2) is 35.2 Å². The molecule has 0 saturated heterocycles. The molecular formula is C12H21NO4. The smallest absolute Gasteiger partial charge is 0.305 e. The second-order valence-electron chi connectivity index (χ2n) is 4.81. The zero-order valence-corrected chi connectivity index (χ0v) is 10.7. The third-order valence-electron chi connectivity index (χ3n) is 3.20. The monoisotopic (exact) mass is 243 g/mol. The molecule has 3 atom stereocenters. The van der Waals surface area contributed by atoms with E-state index in [1.807, 2.05) is 13.8 Å². The zero-order chi connectivity index (χ0) is 13.1. The van der Waals surface area contributed by atoms with Gasteiger partial charge >= 0.3 is 5.97 Å². The van der Waals surface area contributed by atoms with Gasteiger partial charge in [-0.25, -0.2) is 0 Å². The third-order valence-corrected chi connectivity index (χ3v) is 3.20. The lowest BCUT2D eigenvalue weighted by Gasteiger charge is -2.28. The van der Waals surface area contributed by atoms with E-state index >= 15 is 0 Å². The minimum Gasteiger partial charge on any atom is -0.481 e. The molecule has 0 spiro atoms. The second-order valence-corrected chi connectivity index (χ2v) is 4.81. The van der Waals surface area contributed by atoms with Crippen molar-refractivity contribution in [2.45, 2.75) is 51.7 Å². The van der Waals surface area contributed by atoms with Gasteiger partial charge in [0.15, 0.2) is 0 Å². The van der Waals surface area contributed by atoms with Gasteiger partial charge in [-0.3, -0.25) is 9.59 Å². The van der Waals surface area contributed by atoms with E-state index < -0.39 is 11.5 Å². The lowest BCUT2D eigenvalue weighted by molar-refractivity contribution is -0.139. The summed E-state index contributed by atoms with van der Waals surface area (Å²) in [4.78, 5) is 22.6. The Bertz CT molecular complexity index is 305. The van der Waals surface area contributed by atoms with Crippen molar-refractivity contribution in [2.24, 2.45) is 5.92 Å². The quantitative estimate of drug-likeness (QED) is 0.703. The third kappa shape index (κ3) is 4.00. The SMILES string of the molecule is CCO[C@@H]1C[C@H]1C(=O)N[C@@](C)(CC)CC(=O)O. The maximum absolute atomic E-state index is 11.9. The highest BCUT2D eigenvalue weighted by molar-refractivity contribution is 5.83. The van der Waals surface area contributed by atoms with E-state index in [0.717, 1.165) is 6.42 Å². The Morgan fingerprint density at radius 2 is 2.12 bits per heavy atom. The fourth-order valence-corrected chi connectivity index (χ4v) is 1.83. The number of carbonyl (C=O) groups is 2. The van der Waals surface area contributed by atoms with Crippen LogP contribution >= 0.6 is 0 Å². The molecule has 5 nitrogen and oxygen atoms in total. The molecule has 1 aliphatic carbocycles. The molecule has 1 fully saturated rings. The number of ether oxygens (including phenoxy) is 1. The maximum atomic E-state index is 11.9. The van der Waals surface area contributed by atoms with Crippen molar-refractivity contribution in [2.75, 3.05) is 6.61 Å². The van der Waals surface area contributed by atoms with Gasteiger partial charge in [-0.05, 0) is 26.7 Å². The number of aliphatic carboxylic acids is 1. The summed E-state index contributed by atoms with van der Waals surface area (Å²) in [5.41, 5.74) is -0.664. The van der Waals surface area contributed by atoms with E-state index in [-0.39, 0.29) is 24.3 Å². The summed E-state index contributed by atoms with van der Waals surface area (Å²) in [7, 11) is 0. The molecule has 0 aromatic rings. The number of hydrogen-bond acceptors (Lipinski definition) is 3. The van der Waals surface area contributed by atoms with Crippen molar-refractivity contribution in [3.8, 4) is 0 Å². The maximum Gasteiger partial charge on any atom is 0.305 e. The largest absolute Gasteiger partial charge is 0.481 e. The lowest BCUT2D eigenvalue weighted by atomic mass is 9.94. The standard InChI is InChI=1S/C12H21NO4/c1-4-12(3,7-10(14)15)13-11(16)8-6-9(8)17-5-2/h8-9H,4-7H2,1-3H3,(H,13,16)(H,14,15)/t8-,9-,12+/m1/s1. The molecule has 1 amide bonds. The number of carbonyl (C=O) groups excluding carboxylic acids is 1. The average Bonchev–Trinajstić information content (AvgIpc) is 2.96. The molecule has 0 bridgehead atoms. The molecule has 1 saturated carbocycles. The van der Waals surface area contributed by atoms with Gasteiger partial charge in [-0.1, -0.05) is 6.92 Å². The van der Waals surface area contributed by atoms with E-state index in [1.54, 1.807) is 6.92 Å². The minimum absolute atomic E-state index is 0.0194. The summed E-state index contributed by atoms with van der Waals surface area (Å²) in [5.74, 6) is -1.09. The van der Waals surface area contributed by atoms with Crippen LogP contribution in [0.1, 0.15) is 40.0 Å². The average molecular weight is 243 g/mol. The summed E-state index contributed by atoms with van der Waals surface area (Å²) in [5, 5.41) is 11.6. The second kappa shape index (κ2) is 5.49. The van der Waals surface area contributed by atoms with Crippen LogP contribution < -0.4 is 5.32 Å². The number of carboxylic acid groups (broad SMARTS) is 1. The van der Waals surface area contributed by atoms with Crippen LogP contribution in [0.5, 0.6) is 0 Å². The van der Waals surface area contributed by atoms with Gasteiger partial charge in [0.2, 0.25) is 5.91 Å². The predicted molar refractivity (Wildman–Crippen MR) is 62.6 cm³/mol. The Balaban J connectivity index is 2.46.